The molecule has 2 heterocycles. The van der Waals surface area contributed by atoms with Crippen molar-refractivity contribution in [2.75, 3.05) is 0 Å². The van der Waals surface area contributed by atoms with Gasteiger partial charge in [0, 0.05) is 6.07 Å². The number of hydrogen-bond donors (Lipinski definition) is 2. The van der Waals surface area contributed by atoms with E-state index in [1.54, 1.807) is 12.1 Å². The van der Waals surface area contributed by atoms with Gasteiger partial charge in [0.15, 0.2) is 5.82 Å². The quantitative estimate of drug-likeness (QED) is 0.870. The van der Waals surface area contributed by atoms with Crippen LogP contribution in [0.25, 0.3) is 11.6 Å². The zero-order valence-electron chi connectivity index (χ0n) is 11.4. The first kappa shape index (κ1) is 13.1. The van der Waals surface area contributed by atoms with Crippen molar-refractivity contribution < 1.29 is 4.52 Å². The molecular formula is C14H18N4O2. The molecule has 0 aliphatic heterocycles. The molecule has 0 bridgehead atoms. The standard InChI is InChI=1S/C14H18N4O2/c1-9-5-7-14(15,8-6-9)13-17-12(20-18-13)10-3-2-4-11(19)16-10/h2-4,9H,5-8,15H2,1H3,(H,16,19). The Hall–Kier alpha value is -1.95. The zero-order chi connectivity index (χ0) is 14.2. The molecule has 0 spiro atoms. The van der Waals surface area contributed by atoms with E-state index in [4.69, 9.17) is 10.3 Å². The van der Waals surface area contributed by atoms with Crippen LogP contribution in [0, 0.1) is 5.92 Å². The van der Waals surface area contributed by atoms with E-state index in [0.29, 0.717) is 23.3 Å². The summed E-state index contributed by atoms with van der Waals surface area (Å²) in [4.78, 5) is 18.3. The van der Waals surface area contributed by atoms with E-state index in [0.717, 1.165) is 25.7 Å². The van der Waals surface area contributed by atoms with Gasteiger partial charge in [-0.1, -0.05) is 18.1 Å². The van der Waals surface area contributed by atoms with Gasteiger partial charge in [0.2, 0.25) is 5.56 Å². The molecule has 0 atom stereocenters. The lowest BCUT2D eigenvalue weighted by Crippen LogP contribution is -2.41. The van der Waals surface area contributed by atoms with Gasteiger partial charge in [-0.05, 0) is 37.7 Å². The first-order valence-corrected chi connectivity index (χ1v) is 6.90. The van der Waals surface area contributed by atoms with E-state index in [1.807, 2.05) is 0 Å². The summed E-state index contributed by atoms with van der Waals surface area (Å²) in [5, 5.41) is 4.01. The van der Waals surface area contributed by atoms with Crippen LogP contribution in [0.4, 0.5) is 0 Å². The summed E-state index contributed by atoms with van der Waals surface area (Å²) >= 11 is 0. The Kier molecular flexibility index (Phi) is 3.17. The van der Waals surface area contributed by atoms with Crippen LogP contribution in [0.1, 0.15) is 38.4 Å². The van der Waals surface area contributed by atoms with Gasteiger partial charge in [-0.3, -0.25) is 4.79 Å². The summed E-state index contributed by atoms with van der Waals surface area (Å²) in [6, 6.07) is 4.82. The van der Waals surface area contributed by atoms with Crippen molar-refractivity contribution in [3.05, 3.63) is 34.4 Å². The number of hydrogen-bond acceptors (Lipinski definition) is 5. The van der Waals surface area contributed by atoms with Gasteiger partial charge in [-0.15, -0.1) is 0 Å². The summed E-state index contributed by atoms with van der Waals surface area (Å²) in [7, 11) is 0. The van der Waals surface area contributed by atoms with Crippen molar-refractivity contribution in [1.29, 1.82) is 0 Å². The molecule has 2 aromatic rings. The second kappa shape index (κ2) is 4.86. The third-order valence-electron chi connectivity index (χ3n) is 4.04. The van der Waals surface area contributed by atoms with Gasteiger partial charge in [0.25, 0.3) is 5.89 Å². The van der Waals surface area contributed by atoms with E-state index < -0.39 is 5.54 Å². The van der Waals surface area contributed by atoms with Crippen LogP contribution in [-0.2, 0) is 5.54 Å². The van der Waals surface area contributed by atoms with Crippen LogP contribution in [0.15, 0.2) is 27.5 Å². The Balaban J connectivity index is 1.89. The minimum atomic E-state index is -0.511. The van der Waals surface area contributed by atoms with Gasteiger partial charge in [0.05, 0.1) is 5.54 Å². The molecule has 0 aromatic carbocycles. The number of H-pyrrole nitrogens is 1. The molecule has 1 fully saturated rings. The van der Waals surface area contributed by atoms with Crippen LogP contribution >= 0.6 is 0 Å². The molecule has 1 saturated carbocycles. The van der Waals surface area contributed by atoms with E-state index in [2.05, 4.69) is 22.0 Å². The Bertz CT molecular complexity index is 653. The smallest absolute Gasteiger partial charge is 0.274 e. The van der Waals surface area contributed by atoms with Crippen LogP contribution in [0.3, 0.4) is 0 Å². The number of nitrogens with two attached hydrogens (primary N) is 1. The van der Waals surface area contributed by atoms with E-state index in [1.165, 1.54) is 6.07 Å². The van der Waals surface area contributed by atoms with Crippen molar-refractivity contribution in [3.8, 4) is 11.6 Å². The average Bonchev–Trinajstić information content (AvgIpc) is 2.93. The van der Waals surface area contributed by atoms with Crippen LogP contribution < -0.4 is 11.3 Å². The molecule has 106 valence electrons. The molecule has 1 aliphatic rings. The zero-order valence-corrected chi connectivity index (χ0v) is 11.4. The maximum atomic E-state index is 11.3. The summed E-state index contributed by atoms with van der Waals surface area (Å²) in [6.45, 7) is 2.23. The highest BCUT2D eigenvalue weighted by Gasteiger charge is 2.36. The van der Waals surface area contributed by atoms with E-state index in [-0.39, 0.29) is 5.56 Å². The molecule has 3 rings (SSSR count). The lowest BCUT2D eigenvalue weighted by molar-refractivity contribution is 0.230. The van der Waals surface area contributed by atoms with Gasteiger partial charge in [0.1, 0.15) is 5.69 Å². The molecule has 0 radical (unpaired) electrons. The fraction of sp³-hybridized carbons (Fsp3) is 0.500. The lowest BCUT2D eigenvalue weighted by Gasteiger charge is -2.33. The van der Waals surface area contributed by atoms with Gasteiger partial charge in [-0.2, -0.15) is 4.98 Å². The largest absolute Gasteiger partial charge is 0.332 e. The first-order chi connectivity index (χ1) is 9.57. The normalized spacial score (nSPS) is 26.6. The van der Waals surface area contributed by atoms with Gasteiger partial charge in [-0.25, -0.2) is 0 Å². The van der Waals surface area contributed by atoms with Gasteiger partial charge >= 0.3 is 0 Å². The molecule has 0 unspecified atom stereocenters. The fourth-order valence-corrected chi connectivity index (χ4v) is 2.61. The van der Waals surface area contributed by atoms with Crippen molar-refractivity contribution in [3.63, 3.8) is 0 Å². The summed E-state index contributed by atoms with van der Waals surface area (Å²) in [5.41, 5.74) is 6.22. The molecule has 0 amide bonds. The Labute approximate surface area is 116 Å². The van der Waals surface area contributed by atoms with Crippen molar-refractivity contribution >= 4 is 0 Å². The van der Waals surface area contributed by atoms with Crippen molar-refractivity contribution in [1.82, 2.24) is 15.1 Å². The third-order valence-corrected chi connectivity index (χ3v) is 4.04. The van der Waals surface area contributed by atoms with Crippen LogP contribution in [0.2, 0.25) is 0 Å². The molecule has 2 aromatic heterocycles. The Morgan fingerprint density at radius 3 is 2.85 bits per heavy atom. The molecular weight excluding hydrogens is 256 g/mol. The van der Waals surface area contributed by atoms with Crippen LogP contribution in [0.5, 0.6) is 0 Å². The van der Waals surface area contributed by atoms with Gasteiger partial charge < -0.3 is 15.2 Å². The van der Waals surface area contributed by atoms with Crippen molar-refractivity contribution in [2.45, 2.75) is 38.1 Å². The third kappa shape index (κ3) is 2.38. The minimum Gasteiger partial charge on any atom is -0.332 e. The highest BCUT2D eigenvalue weighted by molar-refractivity contribution is 5.45. The second-order valence-electron chi connectivity index (χ2n) is 5.69. The average molecular weight is 274 g/mol. The number of aromatic nitrogens is 3. The Morgan fingerprint density at radius 1 is 1.40 bits per heavy atom. The molecule has 0 saturated heterocycles. The number of aromatic amines is 1. The summed E-state index contributed by atoms with van der Waals surface area (Å²) in [5.74, 6) is 1.54. The second-order valence-corrected chi connectivity index (χ2v) is 5.69. The van der Waals surface area contributed by atoms with Crippen LogP contribution in [-0.4, -0.2) is 15.1 Å². The number of pyridine rings is 1. The molecule has 20 heavy (non-hydrogen) atoms. The monoisotopic (exact) mass is 274 g/mol. The fourth-order valence-electron chi connectivity index (χ4n) is 2.61. The highest BCUT2D eigenvalue weighted by Crippen LogP contribution is 2.36. The summed E-state index contributed by atoms with van der Waals surface area (Å²) in [6.07, 6.45) is 3.86. The topological polar surface area (TPSA) is 97.8 Å². The number of nitrogens with zero attached hydrogens (tertiary/aromatic N) is 2. The maximum absolute atomic E-state index is 11.3. The highest BCUT2D eigenvalue weighted by atomic mass is 16.5. The predicted octanol–water partition coefficient (Wildman–Crippen LogP) is 1.79. The first-order valence-electron chi connectivity index (χ1n) is 6.90. The Morgan fingerprint density at radius 2 is 2.15 bits per heavy atom. The number of rotatable bonds is 2. The maximum Gasteiger partial charge on any atom is 0.274 e. The van der Waals surface area contributed by atoms with Crippen molar-refractivity contribution in [2.24, 2.45) is 11.7 Å². The molecule has 3 N–H and O–H groups in total. The van der Waals surface area contributed by atoms with E-state index >= 15 is 0 Å². The molecule has 6 nitrogen and oxygen atoms in total. The summed E-state index contributed by atoms with van der Waals surface area (Å²) < 4.78 is 5.24. The molecule has 6 heteroatoms. The number of nitrogens with one attached hydrogen (secondary N) is 1. The lowest BCUT2D eigenvalue weighted by atomic mass is 9.77. The minimum absolute atomic E-state index is 0.198. The predicted molar refractivity (Wildman–Crippen MR) is 73.9 cm³/mol. The van der Waals surface area contributed by atoms with E-state index in [9.17, 15) is 4.79 Å². The molecule has 1 aliphatic carbocycles. The SMILES string of the molecule is CC1CCC(N)(c2noc(-c3cccc(=O)[nH]3)n2)CC1.